The van der Waals surface area contributed by atoms with Gasteiger partial charge in [-0.2, -0.15) is 0 Å². The maximum Gasteiger partial charge on any atom is 0.522 e. The van der Waals surface area contributed by atoms with Crippen molar-refractivity contribution in [1.82, 2.24) is 15.5 Å². The lowest BCUT2D eigenvalue weighted by Gasteiger charge is -2.68. The first kappa shape index (κ1) is 22.1. The van der Waals surface area contributed by atoms with Gasteiger partial charge in [-0.05, 0) is 50.3 Å². The molecular weight excluding hydrogens is 479 g/mol. The number of benzene rings is 1. The molecule has 5 aliphatic rings. The third kappa shape index (κ3) is 3.64. The van der Waals surface area contributed by atoms with E-state index in [2.05, 4.69) is 20.3 Å². The zero-order valence-corrected chi connectivity index (χ0v) is 18.5. The van der Waals surface area contributed by atoms with Crippen molar-refractivity contribution in [2.24, 2.45) is 0 Å². The minimum absolute atomic E-state index is 0.133. The van der Waals surface area contributed by atoms with Gasteiger partial charge in [0.2, 0.25) is 11.8 Å². The number of hydrogen-bond acceptors (Lipinski definition) is 7. The Bertz CT molecular complexity index is 1130. The number of nitrogens with zero attached hydrogens (tertiary/aromatic N) is 2. The fourth-order valence-corrected chi connectivity index (χ4v) is 5.91. The second-order valence-electron chi connectivity index (χ2n) is 9.92. The number of amides is 1. The monoisotopic (exact) mass is 499 g/mol. The second kappa shape index (κ2) is 7.32. The number of aromatic nitrogens is 2. The third-order valence-electron chi connectivity index (χ3n) is 7.39. The molecule has 4 saturated carbocycles. The van der Waals surface area contributed by atoms with Crippen molar-refractivity contribution in [2.45, 2.75) is 80.1 Å². The van der Waals surface area contributed by atoms with E-state index in [0.29, 0.717) is 47.4 Å². The van der Waals surface area contributed by atoms with Crippen LogP contribution < -0.4 is 10.1 Å². The van der Waals surface area contributed by atoms with Gasteiger partial charge in [-0.3, -0.25) is 9.53 Å². The lowest BCUT2D eigenvalue weighted by Crippen LogP contribution is -2.77. The summed E-state index contributed by atoms with van der Waals surface area (Å²) >= 11 is 5.97. The molecule has 1 aliphatic heterocycles. The maximum absolute atomic E-state index is 12.8. The summed E-state index contributed by atoms with van der Waals surface area (Å²) in [4.78, 5) is 12.8. The molecule has 2 atom stereocenters. The van der Waals surface area contributed by atoms with E-state index < -0.39 is 24.7 Å². The van der Waals surface area contributed by atoms with Crippen LogP contribution in [0.5, 0.6) is 5.75 Å². The summed E-state index contributed by atoms with van der Waals surface area (Å²) < 4.78 is 52.5. The van der Waals surface area contributed by atoms with Crippen LogP contribution in [-0.4, -0.2) is 45.3 Å². The number of nitrogens with one attached hydrogen (secondary N) is 1. The van der Waals surface area contributed by atoms with E-state index in [1.165, 1.54) is 0 Å². The predicted molar refractivity (Wildman–Crippen MR) is 109 cm³/mol. The van der Waals surface area contributed by atoms with E-state index in [0.717, 1.165) is 0 Å². The molecule has 2 heterocycles. The quantitative estimate of drug-likeness (QED) is 0.646. The zero-order chi connectivity index (χ0) is 23.9. The van der Waals surface area contributed by atoms with Gasteiger partial charge < -0.3 is 19.6 Å². The molecule has 182 valence electrons. The van der Waals surface area contributed by atoms with E-state index >= 15 is 0 Å². The number of aliphatic hydroxyl groups excluding tert-OH is 1. The Hall–Kier alpha value is -2.37. The standard InChI is InChI=1S/C22H21ClF3N3O5/c23-11-1-2-15-13(5-11)14(30)6-16(32-15)17(31)27-21-7-20(8-21,9-21)19-29-28-18(33-19)10-3-12(4-10)34-22(24,25)26/h1-2,5,10,12,14,16,30H,3-4,6-9H2,(H,27,31)/t10-,12+,14-,16+,20?,21?/m1/s1. The number of carbonyl (C=O) groups is 1. The van der Waals surface area contributed by atoms with Crippen LogP contribution >= 0.6 is 11.6 Å². The van der Waals surface area contributed by atoms with Crippen molar-refractivity contribution in [1.29, 1.82) is 0 Å². The van der Waals surface area contributed by atoms with Crippen LogP contribution in [-0.2, 0) is 14.9 Å². The summed E-state index contributed by atoms with van der Waals surface area (Å²) in [7, 11) is 0. The van der Waals surface area contributed by atoms with Crippen molar-refractivity contribution in [2.75, 3.05) is 0 Å². The van der Waals surface area contributed by atoms with Crippen molar-refractivity contribution in [3.05, 3.63) is 40.6 Å². The molecule has 1 aromatic carbocycles. The van der Waals surface area contributed by atoms with Crippen LogP contribution in [0.4, 0.5) is 13.2 Å². The molecule has 0 unspecified atom stereocenters. The molecule has 34 heavy (non-hydrogen) atoms. The van der Waals surface area contributed by atoms with E-state index in [1.807, 2.05) is 0 Å². The van der Waals surface area contributed by atoms with Gasteiger partial charge in [0.25, 0.3) is 5.91 Å². The molecule has 1 amide bonds. The first-order valence-electron chi connectivity index (χ1n) is 11.1. The number of alkyl halides is 3. The molecule has 0 radical (unpaired) electrons. The number of aliphatic hydroxyl groups is 1. The lowest BCUT2D eigenvalue weighted by molar-refractivity contribution is -0.352. The van der Waals surface area contributed by atoms with Gasteiger partial charge in [-0.15, -0.1) is 23.4 Å². The normalized spacial score (nSPS) is 35.8. The van der Waals surface area contributed by atoms with Crippen LogP contribution in [0, 0.1) is 0 Å². The highest BCUT2D eigenvalue weighted by atomic mass is 35.5. The summed E-state index contributed by atoms with van der Waals surface area (Å²) in [5, 5.41) is 22.1. The Morgan fingerprint density at radius 1 is 1.21 bits per heavy atom. The largest absolute Gasteiger partial charge is 0.522 e. The number of fused-ring (bicyclic) bond motifs is 1. The zero-order valence-electron chi connectivity index (χ0n) is 17.8. The third-order valence-corrected chi connectivity index (χ3v) is 7.62. The smallest absolute Gasteiger partial charge is 0.480 e. The molecule has 7 rings (SSSR count). The Balaban J connectivity index is 1.03. The Morgan fingerprint density at radius 2 is 1.94 bits per heavy atom. The summed E-state index contributed by atoms with van der Waals surface area (Å²) in [6, 6.07) is 4.92. The number of halogens is 4. The fraction of sp³-hybridized carbons (Fsp3) is 0.591. The molecule has 0 spiro atoms. The van der Waals surface area contributed by atoms with Crippen LogP contribution in [0.2, 0.25) is 5.02 Å². The summed E-state index contributed by atoms with van der Waals surface area (Å²) in [6.07, 6.45) is -4.74. The van der Waals surface area contributed by atoms with Crippen LogP contribution in [0.15, 0.2) is 22.6 Å². The molecule has 8 nitrogen and oxygen atoms in total. The fourth-order valence-electron chi connectivity index (χ4n) is 5.73. The van der Waals surface area contributed by atoms with Gasteiger partial charge in [0.15, 0.2) is 6.10 Å². The van der Waals surface area contributed by atoms with Gasteiger partial charge in [0, 0.05) is 28.5 Å². The van der Waals surface area contributed by atoms with Crippen molar-refractivity contribution in [3.63, 3.8) is 0 Å². The van der Waals surface area contributed by atoms with Gasteiger partial charge in [0.1, 0.15) is 5.75 Å². The second-order valence-corrected chi connectivity index (χ2v) is 10.4. The van der Waals surface area contributed by atoms with E-state index in [9.17, 15) is 23.1 Å². The van der Waals surface area contributed by atoms with E-state index in [4.69, 9.17) is 20.8 Å². The predicted octanol–water partition coefficient (Wildman–Crippen LogP) is 3.68. The van der Waals surface area contributed by atoms with Gasteiger partial charge in [-0.25, -0.2) is 0 Å². The van der Waals surface area contributed by atoms with Crippen molar-refractivity contribution < 1.29 is 37.0 Å². The van der Waals surface area contributed by atoms with Crippen LogP contribution in [0.1, 0.15) is 67.9 Å². The molecule has 1 aromatic heterocycles. The van der Waals surface area contributed by atoms with Gasteiger partial charge in [0.05, 0.1) is 17.6 Å². The van der Waals surface area contributed by atoms with Crippen molar-refractivity contribution in [3.8, 4) is 5.75 Å². The molecule has 2 aromatic rings. The first-order chi connectivity index (χ1) is 16.0. The molecule has 2 N–H and O–H groups in total. The minimum atomic E-state index is -4.64. The average molecular weight is 500 g/mol. The highest BCUT2D eigenvalue weighted by Crippen LogP contribution is 2.67. The molecule has 4 fully saturated rings. The Morgan fingerprint density at radius 3 is 2.65 bits per heavy atom. The Labute approximate surface area is 196 Å². The van der Waals surface area contributed by atoms with Gasteiger partial charge >= 0.3 is 6.36 Å². The maximum atomic E-state index is 12.8. The summed E-state index contributed by atoms with van der Waals surface area (Å²) in [5.74, 6) is 0.721. The van der Waals surface area contributed by atoms with E-state index in [-0.39, 0.29) is 42.0 Å². The highest BCUT2D eigenvalue weighted by molar-refractivity contribution is 6.30. The van der Waals surface area contributed by atoms with Gasteiger partial charge in [-0.1, -0.05) is 11.6 Å². The molecule has 2 bridgehead atoms. The number of carbonyl (C=O) groups excluding carboxylic acids is 1. The molecule has 0 saturated heterocycles. The van der Waals surface area contributed by atoms with E-state index in [1.54, 1.807) is 18.2 Å². The average Bonchev–Trinajstić information content (AvgIpc) is 3.14. The van der Waals surface area contributed by atoms with Crippen LogP contribution in [0.3, 0.4) is 0 Å². The molecular formula is C22H21ClF3N3O5. The lowest BCUT2D eigenvalue weighted by atomic mass is 9.39. The highest BCUT2D eigenvalue weighted by Gasteiger charge is 2.72. The number of rotatable bonds is 5. The molecule has 4 aliphatic carbocycles. The topological polar surface area (TPSA) is 107 Å². The Kier molecular flexibility index (Phi) is 4.76. The molecule has 12 heteroatoms. The number of ether oxygens (including phenoxy) is 2. The minimum Gasteiger partial charge on any atom is -0.480 e. The summed E-state index contributed by atoms with van der Waals surface area (Å²) in [6.45, 7) is 0. The first-order valence-corrected chi connectivity index (χ1v) is 11.5. The summed E-state index contributed by atoms with van der Waals surface area (Å²) in [5.41, 5.74) is -0.112. The van der Waals surface area contributed by atoms with Crippen LogP contribution in [0.25, 0.3) is 0 Å². The van der Waals surface area contributed by atoms with Crippen molar-refractivity contribution >= 4 is 17.5 Å². The SMILES string of the molecule is O=C(NC12CC(c3nnc([C@H]4C[C@@H](OC(F)(F)F)C4)o3)(C1)C2)[C@@H]1C[C@@H](O)c2cc(Cl)ccc2O1. The number of hydrogen-bond donors (Lipinski definition) is 2.